The topological polar surface area (TPSA) is 115 Å². The van der Waals surface area contributed by atoms with Crippen LogP contribution in [0, 0.1) is 0 Å². The van der Waals surface area contributed by atoms with Crippen LogP contribution < -0.4 is 21.4 Å². The minimum absolute atomic E-state index is 0.116. The molecule has 11 heteroatoms. The van der Waals surface area contributed by atoms with Crippen LogP contribution in [0.2, 0.25) is 0 Å². The third kappa shape index (κ3) is 4.63. The lowest BCUT2D eigenvalue weighted by Crippen LogP contribution is -2.62. The average Bonchev–Trinajstić information content (AvgIpc) is 3.34. The maximum absolute atomic E-state index is 12.2. The van der Waals surface area contributed by atoms with E-state index in [4.69, 9.17) is 15.6 Å². The quantitative estimate of drug-likeness (QED) is 0.428. The van der Waals surface area contributed by atoms with Gasteiger partial charge in [-0.25, -0.2) is 15.7 Å². The standard InChI is InChI=1S/C23H31N9O2/c1-16-21(33)32(24)13-12-31(16)23-26-15-19(34-23)17-4-3-5-18(14-17)27-22-25-7-6-20(28-22)30-10-8-29(2)9-11-30/h3-7,14-16,23,26H,8-13,24H2,1-2H3,(H,25,27,28). The van der Waals surface area contributed by atoms with E-state index in [9.17, 15) is 4.79 Å². The van der Waals surface area contributed by atoms with Crippen molar-refractivity contribution in [3.8, 4) is 0 Å². The molecule has 0 saturated carbocycles. The van der Waals surface area contributed by atoms with Gasteiger partial charge in [0.15, 0.2) is 0 Å². The first-order valence-corrected chi connectivity index (χ1v) is 11.6. The van der Waals surface area contributed by atoms with Crippen LogP contribution in [0.1, 0.15) is 12.5 Å². The van der Waals surface area contributed by atoms with Crippen LogP contribution in [0.5, 0.6) is 0 Å². The van der Waals surface area contributed by atoms with E-state index in [0.717, 1.165) is 43.2 Å². The molecule has 1 aromatic heterocycles. The molecule has 2 aromatic rings. The fraction of sp³-hybridized carbons (Fsp3) is 0.435. The first kappa shape index (κ1) is 22.4. The Labute approximate surface area is 199 Å². The summed E-state index contributed by atoms with van der Waals surface area (Å²) in [6, 6.07) is 9.49. The number of anilines is 3. The Morgan fingerprint density at radius 3 is 2.79 bits per heavy atom. The van der Waals surface area contributed by atoms with Crippen molar-refractivity contribution in [2.45, 2.75) is 19.3 Å². The smallest absolute Gasteiger partial charge is 0.253 e. The molecule has 2 atom stereocenters. The summed E-state index contributed by atoms with van der Waals surface area (Å²) in [5.41, 5.74) is 1.77. The van der Waals surface area contributed by atoms with Gasteiger partial charge in [0.05, 0.1) is 12.6 Å². The first-order valence-electron chi connectivity index (χ1n) is 11.6. The highest BCUT2D eigenvalue weighted by molar-refractivity contribution is 5.81. The van der Waals surface area contributed by atoms with E-state index in [-0.39, 0.29) is 11.9 Å². The van der Waals surface area contributed by atoms with Gasteiger partial charge < -0.3 is 25.2 Å². The monoisotopic (exact) mass is 465 g/mol. The van der Waals surface area contributed by atoms with Crippen LogP contribution in [-0.4, -0.2) is 89.4 Å². The van der Waals surface area contributed by atoms with E-state index in [1.807, 2.05) is 48.4 Å². The van der Waals surface area contributed by atoms with Gasteiger partial charge in [-0.05, 0) is 32.2 Å². The van der Waals surface area contributed by atoms with Crippen LogP contribution in [0.4, 0.5) is 17.5 Å². The molecule has 34 heavy (non-hydrogen) atoms. The van der Waals surface area contributed by atoms with Gasteiger partial charge >= 0.3 is 0 Å². The number of ether oxygens (including phenoxy) is 1. The molecule has 4 N–H and O–H groups in total. The predicted octanol–water partition coefficient (Wildman–Crippen LogP) is 0.580. The van der Waals surface area contributed by atoms with Gasteiger partial charge in [0.1, 0.15) is 11.6 Å². The fourth-order valence-corrected chi connectivity index (χ4v) is 4.38. The molecule has 0 radical (unpaired) electrons. The van der Waals surface area contributed by atoms with Crippen molar-refractivity contribution in [1.29, 1.82) is 0 Å². The van der Waals surface area contributed by atoms with Crippen molar-refractivity contribution in [3.05, 3.63) is 48.3 Å². The molecule has 5 rings (SSSR count). The number of nitrogens with one attached hydrogen (secondary N) is 2. The molecule has 11 nitrogen and oxygen atoms in total. The molecular weight excluding hydrogens is 434 g/mol. The molecule has 3 aliphatic rings. The summed E-state index contributed by atoms with van der Waals surface area (Å²) in [4.78, 5) is 27.9. The van der Waals surface area contributed by atoms with Crippen molar-refractivity contribution < 1.29 is 9.53 Å². The van der Waals surface area contributed by atoms with Crippen molar-refractivity contribution >= 4 is 29.1 Å². The fourth-order valence-electron chi connectivity index (χ4n) is 4.38. The average molecular weight is 466 g/mol. The minimum atomic E-state index is -0.414. The minimum Gasteiger partial charge on any atom is -0.455 e. The van der Waals surface area contributed by atoms with Gasteiger partial charge in [0.2, 0.25) is 12.3 Å². The molecule has 0 spiro atoms. The number of hydrazine groups is 1. The Bertz CT molecular complexity index is 1070. The molecule has 2 unspecified atom stereocenters. The molecule has 0 aliphatic carbocycles. The van der Waals surface area contributed by atoms with Crippen molar-refractivity contribution in [1.82, 2.24) is 30.1 Å². The third-order valence-electron chi connectivity index (χ3n) is 6.51. The highest BCUT2D eigenvalue weighted by atomic mass is 16.5. The van der Waals surface area contributed by atoms with Crippen molar-refractivity contribution in [2.24, 2.45) is 5.84 Å². The second-order valence-electron chi connectivity index (χ2n) is 8.83. The van der Waals surface area contributed by atoms with E-state index in [1.54, 1.807) is 6.20 Å². The van der Waals surface area contributed by atoms with E-state index in [2.05, 4.69) is 32.5 Å². The lowest BCUT2D eigenvalue weighted by atomic mass is 10.1. The van der Waals surface area contributed by atoms with Gasteiger partial charge in [0, 0.05) is 56.4 Å². The number of aromatic nitrogens is 2. The number of carbonyl (C=O) groups is 1. The summed E-state index contributed by atoms with van der Waals surface area (Å²) in [5, 5.41) is 7.81. The first-order chi connectivity index (χ1) is 16.5. The number of amides is 1. The summed E-state index contributed by atoms with van der Waals surface area (Å²) in [6.45, 7) is 6.88. The number of hydrogen-bond donors (Lipinski definition) is 3. The Kier molecular flexibility index (Phi) is 6.22. The molecule has 1 amide bonds. The number of nitrogens with two attached hydrogens (primary N) is 1. The Morgan fingerprint density at radius 1 is 1.15 bits per heavy atom. The van der Waals surface area contributed by atoms with Gasteiger partial charge in [0.25, 0.3) is 5.91 Å². The Hall–Kier alpha value is -3.41. The zero-order chi connectivity index (χ0) is 23.7. The molecule has 0 bridgehead atoms. The largest absolute Gasteiger partial charge is 0.455 e. The zero-order valence-corrected chi connectivity index (χ0v) is 19.5. The molecule has 2 fully saturated rings. The normalized spacial score (nSPS) is 24.0. The maximum Gasteiger partial charge on any atom is 0.253 e. The zero-order valence-electron chi connectivity index (χ0n) is 19.5. The van der Waals surface area contributed by atoms with Crippen LogP contribution in [0.25, 0.3) is 5.76 Å². The number of carbonyl (C=O) groups excluding carboxylic acids is 1. The van der Waals surface area contributed by atoms with Gasteiger partial charge in [-0.1, -0.05) is 12.1 Å². The predicted molar refractivity (Wildman–Crippen MR) is 130 cm³/mol. The summed E-state index contributed by atoms with van der Waals surface area (Å²) >= 11 is 0. The van der Waals surface area contributed by atoms with E-state index in [0.29, 0.717) is 24.8 Å². The van der Waals surface area contributed by atoms with Crippen molar-refractivity contribution in [2.75, 3.05) is 56.5 Å². The van der Waals surface area contributed by atoms with Crippen LogP contribution in [-0.2, 0) is 9.53 Å². The van der Waals surface area contributed by atoms with Gasteiger partial charge in [-0.2, -0.15) is 4.98 Å². The molecule has 4 heterocycles. The Balaban J connectivity index is 1.24. The summed E-state index contributed by atoms with van der Waals surface area (Å²) in [6.07, 6.45) is 3.20. The number of rotatable bonds is 5. The van der Waals surface area contributed by atoms with E-state index < -0.39 is 6.35 Å². The molecule has 3 aliphatic heterocycles. The lowest BCUT2D eigenvalue weighted by Gasteiger charge is -2.39. The third-order valence-corrected chi connectivity index (χ3v) is 6.51. The van der Waals surface area contributed by atoms with Gasteiger partial charge in [-0.3, -0.25) is 9.80 Å². The Morgan fingerprint density at radius 2 is 1.97 bits per heavy atom. The lowest BCUT2D eigenvalue weighted by molar-refractivity contribution is -0.149. The molecular formula is C23H31N9O2. The second-order valence-corrected chi connectivity index (χ2v) is 8.83. The number of piperazine rings is 2. The van der Waals surface area contributed by atoms with Crippen LogP contribution >= 0.6 is 0 Å². The van der Waals surface area contributed by atoms with Crippen molar-refractivity contribution in [3.63, 3.8) is 0 Å². The summed E-state index contributed by atoms with van der Waals surface area (Å²) in [7, 11) is 2.14. The van der Waals surface area contributed by atoms with E-state index in [1.165, 1.54) is 5.01 Å². The molecule has 2 saturated heterocycles. The highest BCUT2D eigenvalue weighted by Gasteiger charge is 2.37. The van der Waals surface area contributed by atoms with Crippen LogP contribution in [0.3, 0.4) is 0 Å². The summed E-state index contributed by atoms with van der Waals surface area (Å²) < 4.78 is 6.15. The SMILES string of the molecule is CC1C(=O)N(N)CCN1C1NC=C(c2cccc(Nc3nccc(N4CCN(C)CC4)n3)c2)O1. The highest BCUT2D eigenvalue weighted by Crippen LogP contribution is 2.27. The number of likely N-dealkylation sites (N-methyl/N-ethyl adjacent to an activating group) is 1. The number of benzene rings is 1. The summed E-state index contributed by atoms with van der Waals surface area (Å²) in [5.74, 6) is 7.82. The van der Waals surface area contributed by atoms with Gasteiger partial charge in [-0.15, -0.1) is 0 Å². The molecule has 1 aromatic carbocycles. The van der Waals surface area contributed by atoms with Crippen LogP contribution in [0.15, 0.2) is 42.7 Å². The second kappa shape index (κ2) is 9.45. The van der Waals surface area contributed by atoms with E-state index >= 15 is 0 Å². The molecule has 180 valence electrons. The number of nitrogens with zero attached hydrogens (tertiary/aromatic N) is 6. The number of hydrogen-bond acceptors (Lipinski definition) is 10. The maximum atomic E-state index is 12.2.